The Morgan fingerprint density at radius 1 is 1.23 bits per heavy atom. The van der Waals surface area contributed by atoms with Gasteiger partial charge >= 0.3 is 6.03 Å². The first-order chi connectivity index (χ1) is 12.6. The summed E-state index contributed by atoms with van der Waals surface area (Å²) in [5, 5.41) is 13.0. The molecule has 2 aromatic heterocycles. The van der Waals surface area contributed by atoms with Crippen LogP contribution >= 0.6 is 11.6 Å². The quantitative estimate of drug-likeness (QED) is 0.503. The molecule has 2 heterocycles. The second kappa shape index (κ2) is 6.53. The maximum atomic E-state index is 11.5. The van der Waals surface area contributed by atoms with Gasteiger partial charge in [-0.2, -0.15) is 5.10 Å². The van der Waals surface area contributed by atoms with E-state index in [1.54, 1.807) is 37.5 Å². The molecule has 0 saturated heterocycles. The van der Waals surface area contributed by atoms with Crippen LogP contribution in [0.4, 0.5) is 10.5 Å². The van der Waals surface area contributed by atoms with Gasteiger partial charge in [-0.15, -0.1) is 0 Å². The van der Waals surface area contributed by atoms with Crippen molar-refractivity contribution in [3.8, 4) is 22.7 Å². The lowest BCUT2D eigenvalue weighted by Crippen LogP contribution is -2.24. The molecule has 2 amide bonds. The van der Waals surface area contributed by atoms with Crippen molar-refractivity contribution in [2.75, 3.05) is 12.4 Å². The second-order valence-corrected chi connectivity index (χ2v) is 6.00. The number of oxazole rings is 1. The van der Waals surface area contributed by atoms with Crippen LogP contribution in [0.1, 0.15) is 0 Å². The number of hydrogen-bond donors (Lipinski definition) is 3. The van der Waals surface area contributed by atoms with Gasteiger partial charge in [0, 0.05) is 29.5 Å². The molecule has 0 unspecified atom stereocenters. The summed E-state index contributed by atoms with van der Waals surface area (Å²) in [6.45, 7) is 0. The van der Waals surface area contributed by atoms with Crippen molar-refractivity contribution in [1.29, 1.82) is 0 Å². The summed E-state index contributed by atoms with van der Waals surface area (Å²) >= 11 is 6.01. The first kappa shape index (κ1) is 16.2. The van der Waals surface area contributed by atoms with E-state index in [0.717, 1.165) is 11.1 Å². The van der Waals surface area contributed by atoms with E-state index in [0.29, 0.717) is 33.4 Å². The van der Waals surface area contributed by atoms with Crippen LogP contribution in [-0.2, 0) is 0 Å². The van der Waals surface area contributed by atoms with E-state index in [1.165, 1.54) is 0 Å². The number of nitrogens with one attached hydrogen (secondary N) is 3. The molecule has 0 saturated carbocycles. The number of urea groups is 1. The lowest BCUT2D eigenvalue weighted by atomic mass is 10.1. The van der Waals surface area contributed by atoms with E-state index >= 15 is 0 Å². The molecule has 0 aliphatic carbocycles. The van der Waals surface area contributed by atoms with Crippen LogP contribution in [-0.4, -0.2) is 28.3 Å². The van der Waals surface area contributed by atoms with E-state index in [4.69, 9.17) is 16.0 Å². The maximum absolute atomic E-state index is 11.5. The van der Waals surface area contributed by atoms with Crippen molar-refractivity contribution in [3.63, 3.8) is 0 Å². The van der Waals surface area contributed by atoms with Gasteiger partial charge in [-0.3, -0.25) is 5.10 Å². The monoisotopic (exact) mass is 367 g/mol. The molecular weight excluding hydrogens is 354 g/mol. The van der Waals surface area contributed by atoms with Gasteiger partial charge in [-0.1, -0.05) is 23.7 Å². The number of aromatic nitrogens is 3. The first-order valence-corrected chi connectivity index (χ1v) is 8.21. The van der Waals surface area contributed by atoms with E-state index in [1.807, 2.05) is 18.2 Å². The predicted molar refractivity (Wildman–Crippen MR) is 100 cm³/mol. The molecule has 0 radical (unpaired) electrons. The number of amides is 2. The molecule has 0 aliphatic heterocycles. The molecule has 4 aromatic rings. The Morgan fingerprint density at radius 3 is 2.96 bits per heavy atom. The summed E-state index contributed by atoms with van der Waals surface area (Å²) in [7, 11) is 1.56. The highest BCUT2D eigenvalue weighted by molar-refractivity contribution is 6.31. The lowest BCUT2D eigenvalue weighted by molar-refractivity contribution is 0.254. The zero-order chi connectivity index (χ0) is 18.1. The SMILES string of the molecule is CNC(=O)Nc1cccc(-c2n[nH]cc2-c2nc3cc(Cl)ccc3o2)c1. The van der Waals surface area contributed by atoms with Gasteiger partial charge in [0.1, 0.15) is 11.2 Å². The third kappa shape index (κ3) is 3.00. The molecule has 8 heteroatoms. The maximum Gasteiger partial charge on any atom is 0.318 e. The normalized spacial score (nSPS) is 10.8. The molecule has 0 bridgehead atoms. The standard InChI is InChI=1S/C18H14ClN5O2/c1-20-18(25)22-12-4-2-3-10(7-12)16-13(9-21-24-16)17-23-14-8-11(19)5-6-15(14)26-17/h2-9H,1H3,(H,21,24)(H2,20,22,25). The van der Waals surface area contributed by atoms with Crippen LogP contribution in [0.5, 0.6) is 0 Å². The van der Waals surface area contributed by atoms with Crippen molar-refractivity contribution < 1.29 is 9.21 Å². The van der Waals surface area contributed by atoms with Crippen LogP contribution in [0, 0.1) is 0 Å². The van der Waals surface area contributed by atoms with E-state index in [9.17, 15) is 4.79 Å². The van der Waals surface area contributed by atoms with Crippen LogP contribution < -0.4 is 10.6 Å². The number of halogens is 1. The number of carbonyl (C=O) groups excluding carboxylic acids is 1. The summed E-state index contributed by atoms with van der Waals surface area (Å²) in [6.07, 6.45) is 1.72. The summed E-state index contributed by atoms with van der Waals surface area (Å²) in [4.78, 5) is 16.0. The topological polar surface area (TPSA) is 95.8 Å². The highest BCUT2D eigenvalue weighted by atomic mass is 35.5. The van der Waals surface area contributed by atoms with Gasteiger partial charge in [-0.25, -0.2) is 9.78 Å². The van der Waals surface area contributed by atoms with Crippen LogP contribution in [0.3, 0.4) is 0 Å². The predicted octanol–water partition coefficient (Wildman–Crippen LogP) is 4.29. The Balaban J connectivity index is 1.74. The Morgan fingerprint density at radius 2 is 2.12 bits per heavy atom. The molecule has 0 fully saturated rings. The van der Waals surface area contributed by atoms with E-state index in [-0.39, 0.29) is 6.03 Å². The number of anilines is 1. The molecular formula is C18H14ClN5O2. The summed E-state index contributed by atoms with van der Waals surface area (Å²) in [6, 6.07) is 12.3. The Bertz CT molecular complexity index is 1100. The van der Waals surface area contributed by atoms with Crippen molar-refractivity contribution in [2.45, 2.75) is 0 Å². The molecule has 0 atom stereocenters. The Hall–Kier alpha value is -3.32. The summed E-state index contributed by atoms with van der Waals surface area (Å²) in [5.74, 6) is 0.440. The van der Waals surface area contributed by atoms with Crippen LogP contribution in [0.25, 0.3) is 33.8 Å². The fraction of sp³-hybridized carbons (Fsp3) is 0.0556. The van der Waals surface area contributed by atoms with Crippen molar-refractivity contribution >= 4 is 34.4 Å². The molecule has 3 N–H and O–H groups in total. The Labute approximate surface area is 153 Å². The van der Waals surface area contributed by atoms with Gasteiger partial charge in [0.25, 0.3) is 0 Å². The highest BCUT2D eigenvalue weighted by Gasteiger charge is 2.17. The first-order valence-electron chi connectivity index (χ1n) is 7.83. The van der Waals surface area contributed by atoms with Crippen molar-refractivity contribution in [2.24, 2.45) is 0 Å². The zero-order valence-corrected chi connectivity index (χ0v) is 14.5. The summed E-state index contributed by atoms with van der Waals surface area (Å²) < 4.78 is 5.83. The number of rotatable bonds is 3. The van der Waals surface area contributed by atoms with Gasteiger partial charge in [0.05, 0.1) is 5.56 Å². The highest BCUT2D eigenvalue weighted by Crippen LogP contribution is 2.33. The largest absolute Gasteiger partial charge is 0.436 e. The number of H-pyrrole nitrogens is 1. The third-order valence-electron chi connectivity index (χ3n) is 3.84. The second-order valence-electron chi connectivity index (χ2n) is 5.56. The number of benzene rings is 2. The molecule has 2 aromatic carbocycles. The minimum Gasteiger partial charge on any atom is -0.436 e. The number of fused-ring (bicyclic) bond motifs is 1. The minimum atomic E-state index is -0.291. The minimum absolute atomic E-state index is 0.291. The molecule has 4 rings (SSSR count). The fourth-order valence-corrected chi connectivity index (χ4v) is 2.79. The molecule has 0 aliphatic rings. The van der Waals surface area contributed by atoms with Gasteiger partial charge in [-0.05, 0) is 30.3 Å². The zero-order valence-electron chi connectivity index (χ0n) is 13.7. The van der Waals surface area contributed by atoms with Crippen molar-refractivity contribution in [3.05, 3.63) is 53.7 Å². The summed E-state index contributed by atoms with van der Waals surface area (Å²) in [5.41, 5.74) is 4.18. The number of hydrogen-bond acceptors (Lipinski definition) is 4. The molecule has 7 nitrogen and oxygen atoms in total. The van der Waals surface area contributed by atoms with Crippen LogP contribution in [0.2, 0.25) is 5.02 Å². The molecule has 130 valence electrons. The van der Waals surface area contributed by atoms with Gasteiger partial charge in [0.2, 0.25) is 5.89 Å². The van der Waals surface area contributed by atoms with Crippen LogP contribution in [0.15, 0.2) is 53.1 Å². The average Bonchev–Trinajstić information content (AvgIpc) is 3.27. The molecule has 0 spiro atoms. The van der Waals surface area contributed by atoms with Crippen molar-refractivity contribution in [1.82, 2.24) is 20.5 Å². The third-order valence-corrected chi connectivity index (χ3v) is 4.08. The molecule has 26 heavy (non-hydrogen) atoms. The number of nitrogens with zero attached hydrogens (tertiary/aromatic N) is 2. The van der Waals surface area contributed by atoms with Gasteiger partial charge in [0.15, 0.2) is 5.58 Å². The smallest absolute Gasteiger partial charge is 0.318 e. The van der Waals surface area contributed by atoms with E-state index < -0.39 is 0 Å². The fourth-order valence-electron chi connectivity index (χ4n) is 2.63. The van der Waals surface area contributed by atoms with Gasteiger partial charge < -0.3 is 15.1 Å². The number of aromatic amines is 1. The van der Waals surface area contributed by atoms with E-state index in [2.05, 4.69) is 25.8 Å². The number of carbonyl (C=O) groups is 1. The lowest BCUT2D eigenvalue weighted by Gasteiger charge is -2.06. The Kier molecular flexibility index (Phi) is 4.06. The average molecular weight is 368 g/mol.